The molecule has 0 saturated carbocycles. The summed E-state index contributed by atoms with van der Waals surface area (Å²) in [5.41, 5.74) is 0.466. The van der Waals surface area contributed by atoms with Crippen LogP contribution in [-0.4, -0.2) is 24.9 Å². The number of hydrogen-bond acceptors (Lipinski definition) is 2. The van der Waals surface area contributed by atoms with Crippen molar-refractivity contribution in [3.63, 3.8) is 0 Å². The summed E-state index contributed by atoms with van der Waals surface area (Å²) in [6, 6.07) is 0. The van der Waals surface area contributed by atoms with Gasteiger partial charge in [0.15, 0.2) is 0 Å². The number of allylic oxidation sites excluding steroid dienone is 1. The van der Waals surface area contributed by atoms with E-state index in [0.717, 1.165) is 32.5 Å². The van der Waals surface area contributed by atoms with Crippen LogP contribution in [0.4, 0.5) is 0 Å². The highest BCUT2D eigenvalue weighted by Gasteiger charge is 2.28. The fourth-order valence-corrected chi connectivity index (χ4v) is 2.49. The molecule has 2 heteroatoms. The third-order valence-corrected chi connectivity index (χ3v) is 3.03. The second kappa shape index (κ2) is 8.71. The van der Waals surface area contributed by atoms with Gasteiger partial charge in [-0.3, -0.25) is 0 Å². The molecule has 0 spiro atoms. The number of ether oxygens (including phenoxy) is 1. The van der Waals surface area contributed by atoms with Crippen molar-refractivity contribution < 1.29 is 9.84 Å². The lowest BCUT2D eigenvalue weighted by Gasteiger charge is -2.34. The Morgan fingerprint density at radius 3 is 2.28 bits per heavy atom. The van der Waals surface area contributed by atoms with E-state index in [9.17, 15) is 0 Å². The largest absolute Gasteiger partial charge is 0.392 e. The molecule has 0 fully saturated rings. The fraction of sp³-hybridized carbons (Fsp3) is 0.875. The average Bonchev–Trinajstić information content (AvgIpc) is 2.23. The average molecular weight is 256 g/mol. The Balaban J connectivity index is 4.07. The van der Waals surface area contributed by atoms with E-state index in [1.807, 2.05) is 6.08 Å². The Bertz CT molecular complexity index is 229. The SMILES string of the molecule is CCCCOCC(C)(C)CC(C)(C)C/C=C/CO. The molecular formula is C16H32O2. The molecule has 0 aromatic heterocycles. The molecule has 0 atom stereocenters. The highest BCUT2D eigenvalue weighted by molar-refractivity contribution is 4.89. The van der Waals surface area contributed by atoms with Crippen molar-refractivity contribution in [2.24, 2.45) is 10.8 Å². The van der Waals surface area contributed by atoms with Crippen LogP contribution in [0.3, 0.4) is 0 Å². The van der Waals surface area contributed by atoms with Crippen LogP contribution in [0.15, 0.2) is 12.2 Å². The lowest BCUT2D eigenvalue weighted by molar-refractivity contribution is 0.0358. The first kappa shape index (κ1) is 17.7. The Hall–Kier alpha value is -0.340. The van der Waals surface area contributed by atoms with Gasteiger partial charge in [0.1, 0.15) is 0 Å². The summed E-state index contributed by atoms with van der Waals surface area (Å²) in [7, 11) is 0. The molecule has 0 radical (unpaired) electrons. The topological polar surface area (TPSA) is 29.5 Å². The van der Waals surface area contributed by atoms with Crippen molar-refractivity contribution in [2.75, 3.05) is 19.8 Å². The van der Waals surface area contributed by atoms with Crippen molar-refractivity contribution in [1.82, 2.24) is 0 Å². The van der Waals surface area contributed by atoms with Gasteiger partial charge in [-0.1, -0.05) is 53.2 Å². The maximum absolute atomic E-state index is 8.76. The molecule has 0 aromatic rings. The van der Waals surface area contributed by atoms with E-state index in [2.05, 4.69) is 40.7 Å². The van der Waals surface area contributed by atoms with Gasteiger partial charge < -0.3 is 9.84 Å². The zero-order chi connectivity index (χ0) is 14.1. The Kier molecular flexibility index (Phi) is 8.54. The summed E-state index contributed by atoms with van der Waals surface area (Å²) < 4.78 is 5.75. The Morgan fingerprint density at radius 2 is 1.72 bits per heavy atom. The highest BCUT2D eigenvalue weighted by atomic mass is 16.5. The normalized spacial score (nSPS) is 13.4. The third-order valence-electron chi connectivity index (χ3n) is 3.03. The summed E-state index contributed by atoms with van der Waals surface area (Å²) in [4.78, 5) is 0. The van der Waals surface area contributed by atoms with Gasteiger partial charge >= 0.3 is 0 Å². The minimum atomic E-state index is 0.138. The second-order valence-electron chi connectivity index (χ2n) is 6.77. The van der Waals surface area contributed by atoms with Crippen LogP contribution in [0.1, 0.15) is 60.3 Å². The van der Waals surface area contributed by atoms with Gasteiger partial charge in [0, 0.05) is 6.61 Å². The van der Waals surface area contributed by atoms with E-state index in [-0.39, 0.29) is 17.4 Å². The molecule has 0 aliphatic heterocycles. The summed E-state index contributed by atoms with van der Waals surface area (Å²) in [5.74, 6) is 0. The first-order valence-electron chi connectivity index (χ1n) is 7.16. The molecule has 18 heavy (non-hydrogen) atoms. The molecule has 2 nitrogen and oxygen atoms in total. The number of aliphatic hydroxyl groups excluding tert-OH is 1. The van der Waals surface area contributed by atoms with E-state index in [1.54, 1.807) is 0 Å². The van der Waals surface area contributed by atoms with Crippen LogP contribution >= 0.6 is 0 Å². The number of hydrogen-bond donors (Lipinski definition) is 1. The van der Waals surface area contributed by atoms with Gasteiger partial charge in [0.25, 0.3) is 0 Å². The maximum Gasteiger partial charge on any atom is 0.0612 e. The number of aliphatic hydroxyl groups is 1. The van der Waals surface area contributed by atoms with E-state index >= 15 is 0 Å². The van der Waals surface area contributed by atoms with Crippen molar-refractivity contribution in [3.8, 4) is 0 Å². The summed E-state index contributed by atoms with van der Waals surface area (Å²) in [6.45, 7) is 13.1. The van der Waals surface area contributed by atoms with Gasteiger partial charge in [-0.25, -0.2) is 0 Å². The minimum Gasteiger partial charge on any atom is -0.392 e. The zero-order valence-corrected chi connectivity index (χ0v) is 13.0. The lowest BCUT2D eigenvalue weighted by atomic mass is 9.74. The maximum atomic E-state index is 8.76. The van der Waals surface area contributed by atoms with Crippen LogP contribution in [0.2, 0.25) is 0 Å². The van der Waals surface area contributed by atoms with E-state index < -0.39 is 0 Å². The lowest BCUT2D eigenvalue weighted by Crippen LogP contribution is -2.27. The fourth-order valence-electron chi connectivity index (χ4n) is 2.49. The molecule has 0 saturated heterocycles. The van der Waals surface area contributed by atoms with Crippen LogP contribution in [-0.2, 0) is 4.74 Å². The highest BCUT2D eigenvalue weighted by Crippen LogP contribution is 2.36. The van der Waals surface area contributed by atoms with Gasteiger partial charge in [0.05, 0.1) is 13.2 Å². The van der Waals surface area contributed by atoms with Crippen molar-refractivity contribution in [3.05, 3.63) is 12.2 Å². The predicted octanol–water partition coefficient (Wildman–Crippen LogP) is 4.18. The molecule has 0 unspecified atom stereocenters. The zero-order valence-electron chi connectivity index (χ0n) is 13.0. The number of rotatable bonds is 10. The van der Waals surface area contributed by atoms with Gasteiger partial charge in [-0.2, -0.15) is 0 Å². The molecule has 108 valence electrons. The van der Waals surface area contributed by atoms with Gasteiger partial charge in [0.2, 0.25) is 0 Å². The molecule has 0 aromatic carbocycles. The molecule has 0 aliphatic rings. The van der Waals surface area contributed by atoms with Crippen molar-refractivity contribution >= 4 is 0 Å². The predicted molar refractivity (Wildman–Crippen MR) is 78.7 cm³/mol. The molecular weight excluding hydrogens is 224 g/mol. The van der Waals surface area contributed by atoms with Gasteiger partial charge in [-0.15, -0.1) is 0 Å². The molecule has 1 N–H and O–H groups in total. The summed E-state index contributed by atoms with van der Waals surface area (Å²) in [5, 5.41) is 8.76. The van der Waals surface area contributed by atoms with Crippen LogP contribution in [0.25, 0.3) is 0 Å². The molecule has 0 heterocycles. The number of unbranched alkanes of at least 4 members (excludes halogenated alkanes) is 1. The molecule has 0 bridgehead atoms. The first-order valence-corrected chi connectivity index (χ1v) is 7.16. The van der Waals surface area contributed by atoms with Crippen LogP contribution < -0.4 is 0 Å². The third kappa shape index (κ3) is 9.67. The quantitative estimate of drug-likeness (QED) is 0.469. The summed E-state index contributed by atoms with van der Waals surface area (Å²) >= 11 is 0. The minimum absolute atomic E-state index is 0.138. The van der Waals surface area contributed by atoms with E-state index in [1.165, 1.54) is 6.42 Å². The van der Waals surface area contributed by atoms with E-state index in [0.29, 0.717) is 0 Å². The van der Waals surface area contributed by atoms with Crippen molar-refractivity contribution in [2.45, 2.75) is 60.3 Å². The second-order valence-corrected chi connectivity index (χ2v) is 6.77. The molecule has 0 amide bonds. The van der Waals surface area contributed by atoms with E-state index in [4.69, 9.17) is 9.84 Å². The smallest absolute Gasteiger partial charge is 0.0612 e. The van der Waals surface area contributed by atoms with Crippen LogP contribution in [0.5, 0.6) is 0 Å². The molecule has 0 rings (SSSR count). The monoisotopic (exact) mass is 256 g/mol. The molecule has 0 aliphatic carbocycles. The van der Waals surface area contributed by atoms with Gasteiger partial charge in [-0.05, 0) is 30.1 Å². The standard InChI is InChI=1S/C16H32O2/c1-6-7-12-18-14-16(4,5)13-15(2,3)10-8-9-11-17/h8-9,17H,6-7,10-14H2,1-5H3/b9-8+. The van der Waals surface area contributed by atoms with Crippen molar-refractivity contribution in [1.29, 1.82) is 0 Å². The van der Waals surface area contributed by atoms with Crippen LogP contribution in [0, 0.1) is 10.8 Å². The Labute approximate surface area is 113 Å². The summed E-state index contributed by atoms with van der Waals surface area (Å²) in [6.07, 6.45) is 8.38. The first-order chi connectivity index (χ1) is 8.33. The Morgan fingerprint density at radius 1 is 1.06 bits per heavy atom.